The highest BCUT2D eigenvalue weighted by atomic mass is 32.2. The summed E-state index contributed by atoms with van der Waals surface area (Å²) in [5, 5.41) is 0. The van der Waals surface area contributed by atoms with Crippen LogP contribution in [0.15, 0.2) is 0 Å². The van der Waals surface area contributed by atoms with Crippen LogP contribution < -0.4 is 0 Å². The van der Waals surface area contributed by atoms with Crippen LogP contribution in [-0.2, 0) is 14.8 Å². The molecule has 1 fully saturated rings. The van der Waals surface area contributed by atoms with E-state index in [1.807, 2.05) is 20.8 Å². The van der Waals surface area contributed by atoms with Gasteiger partial charge < -0.3 is 4.90 Å². The van der Waals surface area contributed by atoms with Crippen molar-refractivity contribution in [3.8, 4) is 0 Å². The molecule has 1 amide bonds. The highest BCUT2D eigenvalue weighted by Crippen LogP contribution is 2.20. The predicted octanol–water partition coefficient (Wildman–Crippen LogP) is 0.916. The van der Waals surface area contributed by atoms with Crippen LogP contribution in [-0.4, -0.2) is 55.5 Å². The zero-order valence-corrected chi connectivity index (χ0v) is 12.6. The van der Waals surface area contributed by atoms with Gasteiger partial charge >= 0.3 is 0 Å². The van der Waals surface area contributed by atoms with Gasteiger partial charge in [-0.15, -0.1) is 0 Å². The molecule has 1 heterocycles. The van der Waals surface area contributed by atoms with Gasteiger partial charge in [0.1, 0.15) is 0 Å². The zero-order valence-electron chi connectivity index (χ0n) is 11.8. The van der Waals surface area contributed by atoms with Gasteiger partial charge in [-0.25, -0.2) is 8.42 Å². The Morgan fingerprint density at radius 2 is 1.61 bits per heavy atom. The number of nitrogens with zero attached hydrogens (tertiary/aromatic N) is 2. The Labute approximate surface area is 110 Å². The molecule has 0 unspecified atom stereocenters. The Hall–Kier alpha value is -0.620. The van der Waals surface area contributed by atoms with E-state index in [0.717, 1.165) is 0 Å². The second-order valence-electron chi connectivity index (χ2n) is 5.92. The maximum absolute atomic E-state index is 12.0. The fraction of sp³-hybridized carbons (Fsp3) is 0.917. The number of hydrogen-bond acceptors (Lipinski definition) is 3. The third-order valence-corrected chi connectivity index (χ3v) is 4.91. The van der Waals surface area contributed by atoms with E-state index in [-0.39, 0.29) is 17.1 Å². The largest absolute Gasteiger partial charge is 0.340 e. The quantitative estimate of drug-likeness (QED) is 0.770. The minimum Gasteiger partial charge on any atom is -0.340 e. The van der Waals surface area contributed by atoms with Crippen LogP contribution in [0, 0.1) is 5.41 Å². The molecule has 1 rings (SSSR count). The van der Waals surface area contributed by atoms with Crippen molar-refractivity contribution in [1.29, 1.82) is 0 Å². The van der Waals surface area contributed by atoms with Crippen molar-refractivity contribution in [3.05, 3.63) is 0 Å². The lowest BCUT2D eigenvalue weighted by molar-refractivity contribution is -0.134. The molecule has 0 spiro atoms. The summed E-state index contributed by atoms with van der Waals surface area (Å²) in [7, 11) is -3.11. The first-order valence-electron chi connectivity index (χ1n) is 6.41. The SMILES string of the molecule is CCS(=O)(=O)N1CCN(C(=O)CC(C)(C)C)CC1. The van der Waals surface area contributed by atoms with Crippen molar-refractivity contribution >= 4 is 15.9 Å². The highest BCUT2D eigenvalue weighted by Gasteiger charge is 2.28. The van der Waals surface area contributed by atoms with Crippen LogP contribution in [0.3, 0.4) is 0 Å². The van der Waals surface area contributed by atoms with Crippen LogP contribution in [0.4, 0.5) is 0 Å². The molecule has 0 saturated carbocycles. The van der Waals surface area contributed by atoms with Gasteiger partial charge in [0.25, 0.3) is 0 Å². The molecule has 1 saturated heterocycles. The fourth-order valence-electron chi connectivity index (χ4n) is 1.96. The minimum atomic E-state index is -3.11. The predicted molar refractivity (Wildman–Crippen MR) is 71.7 cm³/mol. The van der Waals surface area contributed by atoms with Crippen molar-refractivity contribution in [3.63, 3.8) is 0 Å². The Balaban J connectivity index is 2.52. The van der Waals surface area contributed by atoms with Gasteiger partial charge in [-0.05, 0) is 12.3 Å². The number of rotatable bonds is 3. The van der Waals surface area contributed by atoms with Crippen molar-refractivity contribution in [1.82, 2.24) is 9.21 Å². The number of piperazine rings is 1. The lowest BCUT2D eigenvalue weighted by Crippen LogP contribution is -2.51. The van der Waals surface area contributed by atoms with Gasteiger partial charge in [0.2, 0.25) is 15.9 Å². The summed E-state index contributed by atoms with van der Waals surface area (Å²) < 4.78 is 24.8. The Morgan fingerprint density at radius 1 is 1.11 bits per heavy atom. The van der Waals surface area contributed by atoms with Crippen molar-refractivity contribution < 1.29 is 13.2 Å². The van der Waals surface area contributed by atoms with Gasteiger partial charge in [-0.3, -0.25) is 4.79 Å². The molecule has 0 aromatic rings. The van der Waals surface area contributed by atoms with Crippen molar-refractivity contribution in [2.75, 3.05) is 31.9 Å². The summed E-state index contributed by atoms with van der Waals surface area (Å²) in [6.07, 6.45) is 0.507. The van der Waals surface area contributed by atoms with E-state index >= 15 is 0 Å². The van der Waals surface area contributed by atoms with Crippen LogP contribution >= 0.6 is 0 Å². The molecule has 0 bridgehead atoms. The standard InChI is InChI=1S/C12H24N2O3S/c1-5-18(16,17)14-8-6-13(7-9-14)11(15)10-12(2,3)4/h5-10H2,1-4H3. The highest BCUT2D eigenvalue weighted by molar-refractivity contribution is 7.89. The second kappa shape index (κ2) is 5.57. The molecule has 1 aliphatic heterocycles. The van der Waals surface area contributed by atoms with Crippen molar-refractivity contribution in [2.24, 2.45) is 5.41 Å². The Kier molecular flexibility index (Phi) is 4.78. The summed E-state index contributed by atoms with van der Waals surface area (Å²) in [4.78, 5) is 13.8. The second-order valence-corrected chi connectivity index (χ2v) is 8.18. The fourth-order valence-corrected chi connectivity index (χ4v) is 3.05. The molecular formula is C12H24N2O3S. The smallest absolute Gasteiger partial charge is 0.223 e. The normalized spacial score (nSPS) is 19.0. The number of amides is 1. The molecule has 1 aliphatic rings. The third kappa shape index (κ3) is 4.24. The number of hydrogen-bond donors (Lipinski definition) is 0. The van der Waals surface area contributed by atoms with E-state index in [0.29, 0.717) is 32.6 Å². The molecule has 0 aromatic carbocycles. The molecule has 106 valence electrons. The Morgan fingerprint density at radius 3 is 2.00 bits per heavy atom. The topological polar surface area (TPSA) is 57.7 Å². The number of sulfonamides is 1. The molecule has 0 atom stereocenters. The van der Waals surface area contributed by atoms with Crippen LogP contribution in [0.25, 0.3) is 0 Å². The first-order valence-corrected chi connectivity index (χ1v) is 8.02. The van der Waals surface area contributed by atoms with E-state index in [9.17, 15) is 13.2 Å². The van der Waals surface area contributed by atoms with E-state index in [1.54, 1.807) is 11.8 Å². The van der Waals surface area contributed by atoms with Crippen LogP contribution in [0.2, 0.25) is 0 Å². The molecule has 18 heavy (non-hydrogen) atoms. The van der Waals surface area contributed by atoms with Gasteiger partial charge in [-0.1, -0.05) is 20.8 Å². The monoisotopic (exact) mass is 276 g/mol. The Bertz CT molecular complexity index is 390. The van der Waals surface area contributed by atoms with E-state index in [2.05, 4.69) is 0 Å². The first kappa shape index (κ1) is 15.4. The van der Waals surface area contributed by atoms with Crippen molar-refractivity contribution in [2.45, 2.75) is 34.1 Å². The summed E-state index contributed by atoms with van der Waals surface area (Å²) in [6, 6.07) is 0. The van der Waals surface area contributed by atoms with E-state index in [4.69, 9.17) is 0 Å². The number of carbonyl (C=O) groups is 1. The molecule has 0 N–H and O–H groups in total. The first-order chi connectivity index (χ1) is 8.15. The lowest BCUT2D eigenvalue weighted by Gasteiger charge is -2.35. The maximum Gasteiger partial charge on any atom is 0.223 e. The van der Waals surface area contributed by atoms with E-state index in [1.165, 1.54) is 4.31 Å². The molecule has 0 aromatic heterocycles. The van der Waals surface area contributed by atoms with Gasteiger partial charge in [0.15, 0.2) is 0 Å². The average Bonchev–Trinajstić information content (AvgIpc) is 2.27. The summed E-state index contributed by atoms with van der Waals surface area (Å²) in [6.45, 7) is 9.60. The number of carbonyl (C=O) groups excluding carboxylic acids is 1. The lowest BCUT2D eigenvalue weighted by atomic mass is 9.91. The van der Waals surface area contributed by atoms with Crippen LogP contribution in [0.1, 0.15) is 34.1 Å². The zero-order chi connectivity index (χ0) is 14.0. The van der Waals surface area contributed by atoms with Crippen LogP contribution in [0.5, 0.6) is 0 Å². The van der Waals surface area contributed by atoms with Gasteiger partial charge in [-0.2, -0.15) is 4.31 Å². The molecule has 0 radical (unpaired) electrons. The minimum absolute atomic E-state index is 0.0241. The summed E-state index contributed by atoms with van der Waals surface area (Å²) >= 11 is 0. The summed E-state index contributed by atoms with van der Waals surface area (Å²) in [5.41, 5.74) is -0.0241. The molecule has 6 heteroatoms. The third-order valence-electron chi connectivity index (χ3n) is 3.03. The molecule has 0 aliphatic carbocycles. The van der Waals surface area contributed by atoms with Gasteiger partial charge in [0, 0.05) is 32.6 Å². The maximum atomic E-state index is 12.0. The molecular weight excluding hydrogens is 252 g/mol. The average molecular weight is 276 g/mol. The van der Waals surface area contributed by atoms with E-state index < -0.39 is 10.0 Å². The molecule has 5 nitrogen and oxygen atoms in total. The van der Waals surface area contributed by atoms with Gasteiger partial charge in [0.05, 0.1) is 5.75 Å². The summed E-state index contributed by atoms with van der Waals surface area (Å²) in [5.74, 6) is 0.249.